The van der Waals surface area contributed by atoms with E-state index in [0.29, 0.717) is 0 Å². The summed E-state index contributed by atoms with van der Waals surface area (Å²) in [6.07, 6.45) is 5.34. The monoisotopic (exact) mass is 359 g/mol. The Morgan fingerprint density at radius 3 is 2.81 bits per heavy atom. The zero-order chi connectivity index (χ0) is 17.5. The number of hydrogen-bond donors (Lipinski definition) is 0. The number of fused-ring (bicyclic) bond motifs is 2. The lowest BCUT2D eigenvalue weighted by Gasteiger charge is -2.15. The zero-order valence-corrected chi connectivity index (χ0v) is 15.1. The predicted octanol–water partition coefficient (Wildman–Crippen LogP) is 5.76. The van der Waals surface area contributed by atoms with Crippen LogP contribution in [0.15, 0.2) is 60.8 Å². The van der Waals surface area contributed by atoms with Gasteiger partial charge in [-0.3, -0.25) is 9.67 Å². The SMILES string of the molecule is Clc1cccc(-c2nn3c(c2-c2ccnc4ccccc24)CCCC3)c1. The van der Waals surface area contributed by atoms with Gasteiger partial charge in [0.05, 0.1) is 5.52 Å². The van der Waals surface area contributed by atoms with Crippen molar-refractivity contribution in [1.82, 2.24) is 14.8 Å². The minimum atomic E-state index is 0.735. The number of aryl methyl sites for hydroxylation is 1. The van der Waals surface area contributed by atoms with Crippen LogP contribution in [0.3, 0.4) is 0 Å². The van der Waals surface area contributed by atoms with Crippen molar-refractivity contribution in [1.29, 1.82) is 0 Å². The number of rotatable bonds is 2. The molecule has 0 unspecified atom stereocenters. The lowest BCUT2D eigenvalue weighted by atomic mass is 9.93. The first kappa shape index (κ1) is 15.6. The molecule has 5 rings (SSSR count). The summed E-state index contributed by atoms with van der Waals surface area (Å²) >= 11 is 6.27. The van der Waals surface area contributed by atoms with E-state index < -0.39 is 0 Å². The van der Waals surface area contributed by atoms with Gasteiger partial charge in [-0.25, -0.2) is 0 Å². The Morgan fingerprint density at radius 1 is 0.962 bits per heavy atom. The molecular weight excluding hydrogens is 342 g/mol. The molecule has 3 nitrogen and oxygen atoms in total. The molecule has 0 bridgehead atoms. The number of nitrogens with zero attached hydrogens (tertiary/aromatic N) is 3. The number of benzene rings is 2. The van der Waals surface area contributed by atoms with Crippen LogP contribution in [0.4, 0.5) is 0 Å². The van der Waals surface area contributed by atoms with Gasteiger partial charge in [0.2, 0.25) is 0 Å². The van der Waals surface area contributed by atoms with Crippen LogP contribution < -0.4 is 0 Å². The Labute approximate surface area is 157 Å². The van der Waals surface area contributed by atoms with E-state index in [1.165, 1.54) is 35.0 Å². The number of hydrogen-bond acceptors (Lipinski definition) is 2. The summed E-state index contributed by atoms with van der Waals surface area (Å²) in [5.41, 5.74) is 6.84. The molecule has 0 atom stereocenters. The van der Waals surface area contributed by atoms with Gasteiger partial charge in [0, 0.05) is 40.0 Å². The van der Waals surface area contributed by atoms with Crippen molar-refractivity contribution in [2.45, 2.75) is 25.8 Å². The van der Waals surface area contributed by atoms with E-state index in [-0.39, 0.29) is 0 Å². The van der Waals surface area contributed by atoms with E-state index in [1.807, 2.05) is 30.5 Å². The fourth-order valence-corrected chi connectivity index (χ4v) is 4.11. The van der Waals surface area contributed by atoms with Crippen molar-refractivity contribution in [3.63, 3.8) is 0 Å². The molecule has 0 spiro atoms. The van der Waals surface area contributed by atoms with Crippen molar-refractivity contribution >= 4 is 22.5 Å². The molecule has 2 aromatic carbocycles. The maximum absolute atomic E-state index is 6.27. The van der Waals surface area contributed by atoms with E-state index >= 15 is 0 Å². The van der Waals surface area contributed by atoms with E-state index in [9.17, 15) is 0 Å². The van der Waals surface area contributed by atoms with Crippen molar-refractivity contribution in [2.24, 2.45) is 0 Å². The molecule has 4 aromatic rings. The molecule has 0 amide bonds. The molecule has 0 N–H and O–H groups in total. The second-order valence-electron chi connectivity index (χ2n) is 6.74. The first-order valence-electron chi connectivity index (χ1n) is 9.01. The Bertz CT molecular complexity index is 1110. The number of aromatic nitrogens is 3. The summed E-state index contributed by atoms with van der Waals surface area (Å²) in [6, 6.07) is 18.4. The second-order valence-corrected chi connectivity index (χ2v) is 7.17. The van der Waals surface area contributed by atoms with Crippen LogP contribution in [-0.2, 0) is 13.0 Å². The topological polar surface area (TPSA) is 30.7 Å². The summed E-state index contributed by atoms with van der Waals surface area (Å²) in [7, 11) is 0. The molecule has 4 heteroatoms. The largest absolute Gasteiger partial charge is 0.268 e. The fourth-order valence-electron chi connectivity index (χ4n) is 3.92. The summed E-state index contributed by atoms with van der Waals surface area (Å²) in [5.74, 6) is 0. The van der Waals surface area contributed by atoms with Crippen molar-refractivity contribution in [3.05, 3.63) is 71.5 Å². The first-order valence-corrected chi connectivity index (χ1v) is 9.39. The maximum atomic E-state index is 6.27. The Morgan fingerprint density at radius 2 is 1.88 bits per heavy atom. The normalized spacial score (nSPS) is 13.7. The third-order valence-electron chi connectivity index (χ3n) is 5.11. The molecule has 3 heterocycles. The molecule has 0 fully saturated rings. The summed E-state index contributed by atoms with van der Waals surface area (Å²) in [5, 5.41) is 6.88. The minimum absolute atomic E-state index is 0.735. The number of pyridine rings is 1. The standard InChI is InChI=1S/C22H18ClN3/c23-16-7-5-6-15(14-16)22-21(20-10-3-4-13-26(20)25-22)18-11-12-24-19-9-2-1-8-17(18)19/h1-2,5-9,11-12,14H,3-4,10,13H2. The molecule has 26 heavy (non-hydrogen) atoms. The maximum Gasteiger partial charge on any atom is 0.100 e. The second kappa shape index (κ2) is 6.26. The van der Waals surface area contributed by atoms with Crippen molar-refractivity contribution in [3.8, 4) is 22.4 Å². The van der Waals surface area contributed by atoms with Gasteiger partial charge < -0.3 is 0 Å². The highest BCUT2D eigenvalue weighted by atomic mass is 35.5. The highest BCUT2D eigenvalue weighted by Gasteiger charge is 2.23. The predicted molar refractivity (Wildman–Crippen MR) is 106 cm³/mol. The number of halogens is 1. The van der Waals surface area contributed by atoms with E-state index in [2.05, 4.69) is 40.0 Å². The average Bonchev–Trinajstić information content (AvgIpc) is 3.07. The van der Waals surface area contributed by atoms with E-state index in [4.69, 9.17) is 16.7 Å². The van der Waals surface area contributed by atoms with Gasteiger partial charge in [0.25, 0.3) is 0 Å². The van der Waals surface area contributed by atoms with Gasteiger partial charge in [-0.15, -0.1) is 0 Å². The molecule has 0 saturated carbocycles. The molecule has 1 aliphatic heterocycles. The summed E-state index contributed by atoms with van der Waals surface area (Å²) < 4.78 is 2.18. The van der Waals surface area contributed by atoms with Crippen LogP contribution >= 0.6 is 11.6 Å². The van der Waals surface area contributed by atoms with Crippen LogP contribution in [0.5, 0.6) is 0 Å². The third kappa shape index (κ3) is 2.51. The Balaban J connectivity index is 1.84. The van der Waals surface area contributed by atoms with Gasteiger partial charge in [-0.2, -0.15) is 5.10 Å². The Kier molecular flexibility index (Phi) is 3.75. The smallest absolute Gasteiger partial charge is 0.100 e. The highest BCUT2D eigenvalue weighted by molar-refractivity contribution is 6.30. The van der Waals surface area contributed by atoms with Crippen LogP contribution in [-0.4, -0.2) is 14.8 Å². The van der Waals surface area contributed by atoms with E-state index in [0.717, 1.165) is 34.8 Å². The lowest BCUT2D eigenvalue weighted by Crippen LogP contribution is -2.11. The zero-order valence-electron chi connectivity index (χ0n) is 14.3. The molecule has 0 radical (unpaired) electrons. The minimum Gasteiger partial charge on any atom is -0.268 e. The van der Waals surface area contributed by atoms with Gasteiger partial charge in [-0.1, -0.05) is 41.9 Å². The summed E-state index contributed by atoms with van der Waals surface area (Å²) in [6.45, 7) is 0.978. The highest BCUT2D eigenvalue weighted by Crippen LogP contribution is 2.40. The van der Waals surface area contributed by atoms with Gasteiger partial charge in [0.1, 0.15) is 5.69 Å². The molecule has 0 aliphatic carbocycles. The molecule has 128 valence electrons. The van der Waals surface area contributed by atoms with Crippen molar-refractivity contribution < 1.29 is 0 Å². The third-order valence-corrected chi connectivity index (χ3v) is 5.34. The van der Waals surface area contributed by atoms with Gasteiger partial charge >= 0.3 is 0 Å². The lowest BCUT2D eigenvalue weighted by molar-refractivity contribution is 0.487. The Hall–Kier alpha value is -2.65. The van der Waals surface area contributed by atoms with Gasteiger partial charge in [-0.05, 0) is 49.1 Å². The van der Waals surface area contributed by atoms with Crippen LogP contribution in [0, 0.1) is 0 Å². The molecule has 2 aromatic heterocycles. The number of para-hydroxylation sites is 1. The average molecular weight is 360 g/mol. The molecule has 0 saturated heterocycles. The summed E-state index contributed by atoms with van der Waals surface area (Å²) in [4.78, 5) is 4.53. The van der Waals surface area contributed by atoms with Crippen LogP contribution in [0.1, 0.15) is 18.5 Å². The van der Waals surface area contributed by atoms with Gasteiger partial charge in [0.15, 0.2) is 0 Å². The van der Waals surface area contributed by atoms with E-state index in [1.54, 1.807) is 0 Å². The van der Waals surface area contributed by atoms with Crippen molar-refractivity contribution in [2.75, 3.05) is 0 Å². The van der Waals surface area contributed by atoms with Crippen LogP contribution in [0.25, 0.3) is 33.3 Å². The first-order chi connectivity index (χ1) is 12.8. The van der Waals surface area contributed by atoms with Crippen LogP contribution in [0.2, 0.25) is 5.02 Å². The quantitative estimate of drug-likeness (QED) is 0.456. The molecule has 1 aliphatic rings. The molecular formula is C22H18ClN3. The fraction of sp³-hybridized carbons (Fsp3) is 0.182.